The first-order chi connectivity index (χ1) is 37.2. The van der Waals surface area contributed by atoms with Gasteiger partial charge in [-0.25, -0.2) is 0 Å². The Kier molecular flexibility index (Phi) is 10.6. The molecule has 3 heterocycles. The third-order valence-corrected chi connectivity index (χ3v) is 16.8. The number of rotatable bonds is 9. The SMILES string of the molecule is CC(C)(c1ccccc1)c1cccc(N2c3cc(C(C)(C)c4ccccc4)ccc3B3c4cc(-c5ccccc5)ccc4N(c4ccc(-c5ccccc5)cc4)c4cc(-n5c6ccccc6c6ccccc65)cc2c43)c1. The van der Waals surface area contributed by atoms with Gasteiger partial charge in [-0.15, -0.1) is 0 Å². The van der Waals surface area contributed by atoms with Crippen LogP contribution in [0.3, 0.4) is 0 Å². The molecular formula is C72H56BN3. The molecule has 0 fully saturated rings. The Labute approximate surface area is 446 Å². The molecule has 2 aliphatic heterocycles. The second-order valence-corrected chi connectivity index (χ2v) is 21.7. The number of para-hydroxylation sites is 2. The first-order valence-corrected chi connectivity index (χ1v) is 26.7. The van der Waals surface area contributed by atoms with Crippen LogP contribution in [-0.2, 0) is 10.8 Å². The average molecular weight is 974 g/mol. The lowest BCUT2D eigenvalue weighted by molar-refractivity contribution is 0.640. The van der Waals surface area contributed by atoms with Crippen molar-refractivity contribution in [2.45, 2.75) is 38.5 Å². The molecule has 12 aromatic rings. The van der Waals surface area contributed by atoms with Gasteiger partial charge in [0, 0.05) is 55.7 Å². The van der Waals surface area contributed by atoms with Gasteiger partial charge in [-0.1, -0.05) is 234 Å². The molecule has 0 N–H and O–H groups in total. The van der Waals surface area contributed by atoms with E-state index in [0.717, 1.165) is 28.4 Å². The molecule has 3 nitrogen and oxygen atoms in total. The molecule has 4 heteroatoms. The van der Waals surface area contributed by atoms with Gasteiger partial charge in [-0.3, -0.25) is 0 Å². The van der Waals surface area contributed by atoms with Gasteiger partial charge in [-0.05, 0) is 122 Å². The highest BCUT2D eigenvalue weighted by molar-refractivity contribution is 7.00. The molecule has 0 spiro atoms. The molecule has 14 rings (SSSR count). The zero-order valence-corrected chi connectivity index (χ0v) is 43.3. The largest absolute Gasteiger partial charge is 0.311 e. The van der Waals surface area contributed by atoms with Crippen LogP contribution in [0.2, 0.25) is 0 Å². The first-order valence-electron chi connectivity index (χ1n) is 26.7. The van der Waals surface area contributed by atoms with Gasteiger partial charge in [0.25, 0.3) is 6.71 Å². The van der Waals surface area contributed by atoms with E-state index in [9.17, 15) is 0 Å². The molecule has 0 bridgehead atoms. The minimum absolute atomic E-state index is 0.0974. The molecule has 76 heavy (non-hydrogen) atoms. The second kappa shape index (κ2) is 17.8. The fourth-order valence-corrected chi connectivity index (χ4v) is 12.6. The zero-order valence-electron chi connectivity index (χ0n) is 43.3. The number of hydrogen-bond donors (Lipinski definition) is 0. The molecule has 11 aromatic carbocycles. The van der Waals surface area contributed by atoms with E-state index in [1.807, 2.05) is 0 Å². The number of fused-ring (bicyclic) bond motifs is 7. The lowest BCUT2D eigenvalue weighted by Crippen LogP contribution is -2.61. The van der Waals surface area contributed by atoms with Gasteiger partial charge in [-0.2, -0.15) is 0 Å². The maximum Gasteiger partial charge on any atom is 0.252 e. The third-order valence-electron chi connectivity index (χ3n) is 16.8. The summed E-state index contributed by atoms with van der Waals surface area (Å²) in [4.78, 5) is 5.16. The van der Waals surface area contributed by atoms with E-state index < -0.39 is 0 Å². The van der Waals surface area contributed by atoms with Gasteiger partial charge < -0.3 is 14.4 Å². The Balaban J connectivity index is 1.10. The molecule has 0 radical (unpaired) electrons. The van der Waals surface area contributed by atoms with Crippen molar-refractivity contribution in [1.82, 2.24) is 4.57 Å². The fraction of sp³-hybridized carbons (Fsp3) is 0.0833. The van der Waals surface area contributed by atoms with Crippen molar-refractivity contribution in [2.75, 3.05) is 9.80 Å². The number of benzene rings is 11. The molecule has 0 aliphatic carbocycles. The normalized spacial score (nSPS) is 12.9. The van der Waals surface area contributed by atoms with E-state index in [1.165, 1.54) is 94.1 Å². The monoisotopic (exact) mass is 973 g/mol. The highest BCUT2D eigenvalue weighted by Crippen LogP contribution is 2.49. The van der Waals surface area contributed by atoms with Gasteiger partial charge in [0.2, 0.25) is 0 Å². The van der Waals surface area contributed by atoms with Gasteiger partial charge in [0.05, 0.1) is 16.7 Å². The van der Waals surface area contributed by atoms with Crippen molar-refractivity contribution in [1.29, 1.82) is 0 Å². The van der Waals surface area contributed by atoms with Crippen molar-refractivity contribution >= 4 is 79.0 Å². The van der Waals surface area contributed by atoms with Crippen LogP contribution in [0.1, 0.15) is 49.9 Å². The summed E-state index contributed by atoms with van der Waals surface area (Å²) >= 11 is 0. The summed E-state index contributed by atoms with van der Waals surface area (Å²) < 4.78 is 2.50. The number of nitrogens with zero attached hydrogens (tertiary/aromatic N) is 3. The smallest absolute Gasteiger partial charge is 0.252 e. The van der Waals surface area contributed by atoms with Crippen LogP contribution in [-0.4, -0.2) is 11.3 Å². The summed E-state index contributed by atoms with van der Waals surface area (Å²) in [5.41, 5.74) is 23.5. The Hall–Kier alpha value is -9.12. The van der Waals surface area contributed by atoms with Crippen LogP contribution in [0.25, 0.3) is 49.7 Å². The van der Waals surface area contributed by atoms with Gasteiger partial charge >= 0.3 is 0 Å². The highest BCUT2D eigenvalue weighted by atomic mass is 15.2. The second-order valence-electron chi connectivity index (χ2n) is 21.7. The third kappa shape index (κ3) is 7.27. The topological polar surface area (TPSA) is 11.4 Å². The predicted molar refractivity (Wildman–Crippen MR) is 323 cm³/mol. The van der Waals surface area contributed by atoms with Crippen LogP contribution < -0.4 is 26.2 Å². The average Bonchev–Trinajstić information content (AvgIpc) is 3.98. The summed E-state index contributed by atoms with van der Waals surface area (Å²) in [6, 6.07) is 99.5. The van der Waals surface area contributed by atoms with Crippen molar-refractivity contribution in [3.8, 4) is 27.9 Å². The molecule has 0 saturated heterocycles. The molecule has 0 atom stereocenters. The summed E-state index contributed by atoms with van der Waals surface area (Å²) in [5, 5.41) is 2.47. The Bertz CT molecular complexity index is 4110. The maximum absolute atomic E-state index is 2.61. The van der Waals surface area contributed by atoms with Crippen molar-refractivity contribution in [3.63, 3.8) is 0 Å². The lowest BCUT2D eigenvalue weighted by atomic mass is 9.33. The van der Waals surface area contributed by atoms with E-state index in [-0.39, 0.29) is 17.5 Å². The van der Waals surface area contributed by atoms with E-state index in [1.54, 1.807) is 0 Å². The Morgan fingerprint density at radius 3 is 1.36 bits per heavy atom. The van der Waals surface area contributed by atoms with E-state index >= 15 is 0 Å². The summed E-state index contributed by atoms with van der Waals surface area (Å²) in [7, 11) is 0. The van der Waals surface area contributed by atoms with E-state index in [0.29, 0.717) is 0 Å². The van der Waals surface area contributed by atoms with Crippen LogP contribution in [0, 0.1) is 0 Å². The fourth-order valence-electron chi connectivity index (χ4n) is 12.6. The zero-order chi connectivity index (χ0) is 51.1. The predicted octanol–water partition coefficient (Wildman–Crippen LogP) is 16.9. The van der Waals surface area contributed by atoms with E-state index in [2.05, 4.69) is 309 Å². The van der Waals surface area contributed by atoms with Crippen LogP contribution >= 0.6 is 0 Å². The molecule has 362 valence electrons. The molecule has 2 aliphatic rings. The molecule has 0 saturated carbocycles. The Morgan fingerprint density at radius 1 is 0.289 bits per heavy atom. The van der Waals surface area contributed by atoms with Crippen molar-refractivity contribution in [2.24, 2.45) is 0 Å². The van der Waals surface area contributed by atoms with Gasteiger partial charge in [0.1, 0.15) is 0 Å². The molecule has 0 unspecified atom stereocenters. The van der Waals surface area contributed by atoms with Gasteiger partial charge in [0.15, 0.2) is 0 Å². The van der Waals surface area contributed by atoms with Crippen LogP contribution in [0.5, 0.6) is 0 Å². The highest BCUT2D eigenvalue weighted by Gasteiger charge is 2.45. The van der Waals surface area contributed by atoms with E-state index in [4.69, 9.17) is 0 Å². The van der Waals surface area contributed by atoms with Crippen LogP contribution in [0.15, 0.2) is 267 Å². The standard InChI is InChI=1S/C72H56BN3/c1-71(2,53-26-13-7-14-27-53)55-30-21-31-58(45-55)75-67-46-56(72(3,4)54-28-15-8-16-29-54)39-42-62(67)73-63-44-52(50-24-11-6-12-25-50)38-43-66(63)74(57-40-36-51(37-41-57)49-22-9-5-10-23-49)68-47-59(48-69(75)70(68)73)76-64-34-19-17-32-60(64)61-33-18-20-35-65(61)76/h5-48H,1-4H3. The minimum Gasteiger partial charge on any atom is -0.311 e. The molecule has 0 amide bonds. The number of hydrogen-bond acceptors (Lipinski definition) is 2. The Morgan fingerprint density at radius 2 is 0.763 bits per heavy atom. The molecule has 1 aromatic heterocycles. The first kappa shape index (κ1) is 45.5. The van der Waals surface area contributed by atoms with Crippen molar-refractivity contribution in [3.05, 3.63) is 289 Å². The lowest BCUT2D eigenvalue weighted by Gasteiger charge is -2.45. The minimum atomic E-state index is -0.289. The number of anilines is 6. The summed E-state index contributed by atoms with van der Waals surface area (Å²) in [6.07, 6.45) is 0. The quantitative estimate of drug-likeness (QED) is 0.134. The summed E-state index contributed by atoms with van der Waals surface area (Å²) in [6.45, 7) is 9.36. The summed E-state index contributed by atoms with van der Waals surface area (Å²) in [5.74, 6) is 0. The van der Waals surface area contributed by atoms with Crippen LogP contribution in [0.4, 0.5) is 34.1 Å². The molecular weight excluding hydrogens is 918 g/mol. The maximum atomic E-state index is 2.61. The number of aromatic nitrogens is 1. The van der Waals surface area contributed by atoms with Crippen molar-refractivity contribution < 1.29 is 0 Å².